The second-order valence-electron chi connectivity index (χ2n) is 12.8. The lowest BCUT2D eigenvalue weighted by Gasteiger charge is -2.50. The normalized spacial score (nSPS) is 15.0. The van der Waals surface area contributed by atoms with Gasteiger partial charge in [-0.15, -0.1) is 0 Å². The van der Waals surface area contributed by atoms with Crippen LogP contribution in [0.4, 0.5) is 34.1 Å². The smallest absolute Gasteiger partial charge is 0.252 e. The number of benzene rings is 7. The molecule has 1 aliphatic carbocycles. The zero-order valence-corrected chi connectivity index (χ0v) is 25.1. The molecule has 0 saturated carbocycles. The van der Waals surface area contributed by atoms with Crippen molar-refractivity contribution in [2.75, 3.05) is 9.80 Å². The van der Waals surface area contributed by atoms with Gasteiger partial charge in [0.05, 0.1) is 11.1 Å². The highest BCUT2D eigenvalue weighted by Gasteiger charge is 2.54. The minimum absolute atomic E-state index is 0.114. The summed E-state index contributed by atoms with van der Waals surface area (Å²) in [6, 6.07) is 61.1. The zero-order chi connectivity index (χ0) is 30.0. The van der Waals surface area contributed by atoms with Gasteiger partial charge in [0, 0.05) is 28.4 Å². The summed E-state index contributed by atoms with van der Waals surface area (Å²) in [5, 5.41) is 0. The third kappa shape index (κ3) is 2.77. The molecule has 0 aromatic heterocycles. The van der Waals surface area contributed by atoms with E-state index >= 15 is 0 Å². The molecule has 3 heteroatoms. The van der Waals surface area contributed by atoms with E-state index in [2.05, 4.69) is 174 Å². The van der Waals surface area contributed by atoms with Gasteiger partial charge in [0.1, 0.15) is 0 Å². The maximum absolute atomic E-state index is 2.58. The van der Waals surface area contributed by atoms with Gasteiger partial charge in [0.25, 0.3) is 6.71 Å². The van der Waals surface area contributed by atoms with Gasteiger partial charge in [-0.05, 0) is 86.2 Å². The number of hydrogen-bond donors (Lipinski definition) is 0. The molecule has 46 heavy (non-hydrogen) atoms. The van der Waals surface area contributed by atoms with Crippen molar-refractivity contribution in [3.8, 4) is 11.1 Å². The molecule has 0 N–H and O–H groups in total. The fourth-order valence-corrected chi connectivity index (χ4v) is 9.29. The van der Waals surface area contributed by atoms with Gasteiger partial charge in [-0.1, -0.05) is 127 Å². The summed E-state index contributed by atoms with van der Waals surface area (Å²) in [5.41, 5.74) is 19.3. The first-order valence-electron chi connectivity index (χ1n) is 16.2. The van der Waals surface area contributed by atoms with Gasteiger partial charge in [-0.2, -0.15) is 0 Å². The maximum atomic E-state index is 2.58. The highest BCUT2D eigenvalue weighted by molar-refractivity contribution is 7.00. The van der Waals surface area contributed by atoms with Crippen LogP contribution in [0.2, 0.25) is 0 Å². The Bertz CT molecular complexity index is 2370. The molecule has 3 heterocycles. The Labute approximate surface area is 268 Å². The van der Waals surface area contributed by atoms with Crippen LogP contribution in [-0.4, -0.2) is 6.71 Å². The van der Waals surface area contributed by atoms with Crippen molar-refractivity contribution >= 4 is 57.2 Å². The van der Waals surface area contributed by atoms with E-state index in [1.54, 1.807) is 0 Å². The molecule has 4 aliphatic rings. The minimum atomic E-state index is -0.412. The Hall–Kier alpha value is -5.80. The van der Waals surface area contributed by atoms with Crippen LogP contribution in [0.25, 0.3) is 11.1 Å². The Morgan fingerprint density at radius 3 is 1.65 bits per heavy atom. The van der Waals surface area contributed by atoms with Crippen LogP contribution >= 0.6 is 0 Å². The van der Waals surface area contributed by atoms with Crippen LogP contribution < -0.4 is 26.2 Å². The first kappa shape index (κ1) is 24.5. The van der Waals surface area contributed by atoms with Crippen molar-refractivity contribution in [3.05, 3.63) is 186 Å². The van der Waals surface area contributed by atoms with Crippen LogP contribution in [0.3, 0.4) is 0 Å². The van der Waals surface area contributed by atoms with E-state index in [0.29, 0.717) is 0 Å². The van der Waals surface area contributed by atoms with Crippen molar-refractivity contribution in [2.45, 2.75) is 5.41 Å². The third-order valence-corrected chi connectivity index (χ3v) is 10.8. The fourth-order valence-electron chi connectivity index (χ4n) is 9.29. The van der Waals surface area contributed by atoms with E-state index in [-0.39, 0.29) is 6.71 Å². The van der Waals surface area contributed by atoms with E-state index in [1.807, 2.05) is 0 Å². The van der Waals surface area contributed by atoms with Gasteiger partial charge in [0.15, 0.2) is 0 Å². The van der Waals surface area contributed by atoms with Gasteiger partial charge in [-0.3, -0.25) is 0 Å². The van der Waals surface area contributed by atoms with Crippen LogP contribution in [0.15, 0.2) is 164 Å². The van der Waals surface area contributed by atoms with Gasteiger partial charge < -0.3 is 9.80 Å². The first-order chi connectivity index (χ1) is 22.9. The predicted octanol–water partition coefficient (Wildman–Crippen LogP) is 8.45. The van der Waals surface area contributed by atoms with E-state index in [0.717, 1.165) is 0 Å². The lowest BCUT2D eigenvalue weighted by molar-refractivity contribution is 0.753. The minimum Gasteiger partial charge on any atom is -0.311 e. The topological polar surface area (TPSA) is 6.48 Å². The van der Waals surface area contributed by atoms with Crippen molar-refractivity contribution in [2.24, 2.45) is 0 Å². The monoisotopic (exact) mass is 582 g/mol. The first-order valence-corrected chi connectivity index (χ1v) is 16.2. The van der Waals surface area contributed by atoms with Crippen molar-refractivity contribution in [1.82, 2.24) is 0 Å². The van der Waals surface area contributed by atoms with Crippen molar-refractivity contribution in [3.63, 3.8) is 0 Å². The highest BCUT2D eigenvalue weighted by Crippen LogP contribution is 2.63. The Morgan fingerprint density at radius 2 is 0.891 bits per heavy atom. The third-order valence-electron chi connectivity index (χ3n) is 10.8. The average molecular weight is 583 g/mol. The Morgan fingerprint density at radius 1 is 0.370 bits per heavy atom. The Balaban J connectivity index is 1.29. The summed E-state index contributed by atoms with van der Waals surface area (Å²) in [7, 11) is 0. The Kier molecular flexibility index (Phi) is 4.63. The number of anilines is 6. The molecule has 0 unspecified atom stereocenters. The SMILES string of the molecule is c1ccc(N2c3ccccc3B3c4cccc5c4N(c4ccccc4C54c5ccccc5-c5ccccc54)c4cccc2c43)cc1. The molecule has 2 nitrogen and oxygen atoms in total. The summed E-state index contributed by atoms with van der Waals surface area (Å²) >= 11 is 0. The van der Waals surface area contributed by atoms with Crippen molar-refractivity contribution in [1.29, 1.82) is 0 Å². The van der Waals surface area contributed by atoms with Crippen LogP contribution in [0, 0.1) is 0 Å². The number of para-hydroxylation sites is 4. The standard InChI is InChI=1S/C43H27BN2/c1-2-14-28(15-3-1)45-38-25-11-9-22-35(38)44-36-23-12-21-34-42(36)46(40-27-13-26-39(45)41(40)44)37-24-10-8-20-33(37)43(34)31-18-6-4-16-29(31)30-17-5-7-19-32(30)43/h1-27H. The van der Waals surface area contributed by atoms with Crippen LogP contribution in [0.5, 0.6) is 0 Å². The van der Waals surface area contributed by atoms with E-state index < -0.39 is 5.41 Å². The number of hydrogen-bond acceptors (Lipinski definition) is 2. The molecule has 0 saturated heterocycles. The highest BCUT2D eigenvalue weighted by atomic mass is 15.2. The molecule has 212 valence electrons. The van der Waals surface area contributed by atoms with E-state index in [9.17, 15) is 0 Å². The van der Waals surface area contributed by atoms with Crippen LogP contribution in [0.1, 0.15) is 22.3 Å². The van der Waals surface area contributed by atoms with E-state index in [1.165, 1.54) is 83.9 Å². The molecule has 1 spiro atoms. The summed E-state index contributed by atoms with van der Waals surface area (Å²) in [6.07, 6.45) is 0. The number of rotatable bonds is 1. The largest absolute Gasteiger partial charge is 0.311 e. The lowest BCUT2D eigenvalue weighted by atomic mass is 9.33. The molecular weight excluding hydrogens is 555 g/mol. The second kappa shape index (κ2) is 8.68. The molecule has 7 aromatic rings. The quantitative estimate of drug-likeness (QED) is 0.179. The van der Waals surface area contributed by atoms with Gasteiger partial charge in [0.2, 0.25) is 0 Å². The van der Waals surface area contributed by atoms with E-state index in [4.69, 9.17) is 0 Å². The lowest BCUT2D eigenvalue weighted by Crippen LogP contribution is -2.62. The van der Waals surface area contributed by atoms with Crippen molar-refractivity contribution < 1.29 is 0 Å². The predicted molar refractivity (Wildman–Crippen MR) is 191 cm³/mol. The number of nitrogens with zero attached hydrogens (tertiary/aromatic N) is 2. The summed E-state index contributed by atoms with van der Waals surface area (Å²) in [5.74, 6) is 0. The molecular formula is C43H27BN2. The number of fused-ring (bicyclic) bond motifs is 13. The fraction of sp³-hybridized carbons (Fsp3) is 0.0233. The summed E-state index contributed by atoms with van der Waals surface area (Å²) in [6.45, 7) is 0.114. The molecule has 0 radical (unpaired) electrons. The molecule has 0 atom stereocenters. The second-order valence-corrected chi connectivity index (χ2v) is 12.8. The van der Waals surface area contributed by atoms with Gasteiger partial charge in [-0.25, -0.2) is 0 Å². The molecule has 0 amide bonds. The maximum Gasteiger partial charge on any atom is 0.252 e. The van der Waals surface area contributed by atoms with Gasteiger partial charge >= 0.3 is 0 Å². The zero-order valence-electron chi connectivity index (χ0n) is 25.1. The molecule has 0 fully saturated rings. The molecule has 3 aliphatic heterocycles. The summed E-state index contributed by atoms with van der Waals surface area (Å²) < 4.78 is 0. The molecule has 0 bridgehead atoms. The summed E-state index contributed by atoms with van der Waals surface area (Å²) in [4.78, 5) is 5.04. The average Bonchev–Trinajstić information content (AvgIpc) is 3.42. The van der Waals surface area contributed by atoms with Crippen LogP contribution in [-0.2, 0) is 5.41 Å². The molecule has 7 aromatic carbocycles. The molecule has 11 rings (SSSR count).